The van der Waals surface area contributed by atoms with Gasteiger partial charge in [-0.2, -0.15) is 0 Å². The lowest BCUT2D eigenvalue weighted by Crippen LogP contribution is -2.35. The standard InChI is InChI=1S/C16H20N4O/c1-19-12-18-11-15(19)16(21)20-10-4-2-3-5-14(20)13-6-8-17-9-7-13/h6-9,11-12,14H,2-5,10H2,1H3. The molecule has 0 aromatic carbocycles. The fourth-order valence-electron chi connectivity index (χ4n) is 2.99. The fraction of sp³-hybridized carbons (Fsp3) is 0.438. The molecule has 3 heterocycles. The van der Waals surface area contributed by atoms with Gasteiger partial charge in [-0.25, -0.2) is 4.98 Å². The molecular formula is C16H20N4O. The first-order chi connectivity index (χ1) is 10.3. The van der Waals surface area contributed by atoms with Gasteiger partial charge in [0, 0.05) is 26.0 Å². The zero-order valence-corrected chi connectivity index (χ0v) is 12.3. The van der Waals surface area contributed by atoms with E-state index in [1.54, 1.807) is 29.5 Å². The van der Waals surface area contributed by atoms with Crippen molar-refractivity contribution in [1.82, 2.24) is 19.4 Å². The average molecular weight is 284 g/mol. The molecule has 1 aliphatic rings. The first kappa shape index (κ1) is 13.8. The Hall–Kier alpha value is -2.17. The summed E-state index contributed by atoms with van der Waals surface area (Å²) in [4.78, 5) is 23.0. The number of rotatable bonds is 2. The van der Waals surface area contributed by atoms with Gasteiger partial charge < -0.3 is 9.47 Å². The number of amides is 1. The van der Waals surface area contributed by atoms with Gasteiger partial charge in [-0.1, -0.05) is 12.8 Å². The van der Waals surface area contributed by atoms with E-state index < -0.39 is 0 Å². The second-order valence-electron chi connectivity index (χ2n) is 5.53. The molecule has 3 rings (SSSR count). The Morgan fingerprint density at radius 1 is 1.19 bits per heavy atom. The first-order valence-electron chi connectivity index (χ1n) is 7.44. The highest BCUT2D eigenvalue weighted by Gasteiger charge is 2.28. The second kappa shape index (κ2) is 6.08. The Balaban J connectivity index is 1.92. The van der Waals surface area contributed by atoms with Crippen molar-refractivity contribution >= 4 is 5.91 Å². The molecule has 5 nitrogen and oxygen atoms in total. The normalized spacial score (nSPS) is 19.3. The Kier molecular flexibility index (Phi) is 3.99. The van der Waals surface area contributed by atoms with Gasteiger partial charge in [-0.3, -0.25) is 9.78 Å². The van der Waals surface area contributed by atoms with E-state index in [1.165, 1.54) is 12.0 Å². The van der Waals surface area contributed by atoms with E-state index in [0.717, 1.165) is 25.8 Å². The molecular weight excluding hydrogens is 264 g/mol. The average Bonchev–Trinajstić information content (AvgIpc) is 2.80. The molecule has 1 saturated heterocycles. The maximum Gasteiger partial charge on any atom is 0.272 e. The summed E-state index contributed by atoms with van der Waals surface area (Å²) in [6, 6.07) is 4.16. The highest BCUT2D eigenvalue weighted by atomic mass is 16.2. The van der Waals surface area contributed by atoms with Crippen LogP contribution in [0.3, 0.4) is 0 Å². The van der Waals surface area contributed by atoms with Gasteiger partial charge in [0.05, 0.1) is 18.6 Å². The number of carbonyl (C=O) groups is 1. The monoisotopic (exact) mass is 284 g/mol. The number of imidazole rings is 1. The van der Waals surface area contributed by atoms with E-state index >= 15 is 0 Å². The van der Waals surface area contributed by atoms with Gasteiger partial charge in [-0.15, -0.1) is 0 Å². The SMILES string of the molecule is Cn1cncc1C(=O)N1CCCCCC1c1ccncc1. The minimum absolute atomic E-state index is 0.0683. The molecule has 1 atom stereocenters. The summed E-state index contributed by atoms with van der Waals surface area (Å²) in [7, 11) is 1.86. The van der Waals surface area contributed by atoms with Crippen LogP contribution in [0.15, 0.2) is 37.1 Å². The highest BCUT2D eigenvalue weighted by molar-refractivity contribution is 5.92. The van der Waals surface area contributed by atoms with Crippen LogP contribution in [0.2, 0.25) is 0 Å². The second-order valence-corrected chi connectivity index (χ2v) is 5.53. The first-order valence-corrected chi connectivity index (χ1v) is 7.44. The molecule has 2 aromatic heterocycles. The molecule has 5 heteroatoms. The van der Waals surface area contributed by atoms with Crippen LogP contribution >= 0.6 is 0 Å². The zero-order chi connectivity index (χ0) is 14.7. The minimum atomic E-state index is 0.0683. The number of nitrogens with zero attached hydrogens (tertiary/aromatic N) is 4. The van der Waals surface area contributed by atoms with Crippen LogP contribution in [-0.2, 0) is 7.05 Å². The van der Waals surface area contributed by atoms with Crippen molar-refractivity contribution in [3.05, 3.63) is 48.3 Å². The van der Waals surface area contributed by atoms with Crippen molar-refractivity contribution in [1.29, 1.82) is 0 Å². The van der Waals surface area contributed by atoms with Gasteiger partial charge in [-0.05, 0) is 30.5 Å². The number of carbonyl (C=O) groups excluding carboxylic acids is 1. The largest absolute Gasteiger partial charge is 0.330 e. The van der Waals surface area contributed by atoms with Crippen LogP contribution in [0.1, 0.15) is 47.8 Å². The van der Waals surface area contributed by atoms with Crippen LogP contribution in [0, 0.1) is 0 Å². The fourth-order valence-corrected chi connectivity index (χ4v) is 2.99. The number of pyridine rings is 1. The lowest BCUT2D eigenvalue weighted by molar-refractivity contribution is 0.0671. The van der Waals surface area contributed by atoms with Gasteiger partial charge >= 0.3 is 0 Å². The van der Waals surface area contributed by atoms with E-state index in [2.05, 4.69) is 9.97 Å². The Morgan fingerprint density at radius 2 is 2.00 bits per heavy atom. The third-order valence-corrected chi connectivity index (χ3v) is 4.14. The van der Waals surface area contributed by atoms with Gasteiger partial charge in [0.25, 0.3) is 5.91 Å². The lowest BCUT2D eigenvalue weighted by atomic mass is 10.0. The lowest BCUT2D eigenvalue weighted by Gasteiger charge is -2.30. The summed E-state index contributed by atoms with van der Waals surface area (Å²) in [5, 5.41) is 0. The van der Waals surface area contributed by atoms with Crippen LogP contribution in [-0.4, -0.2) is 31.9 Å². The van der Waals surface area contributed by atoms with E-state index in [1.807, 2.05) is 24.1 Å². The van der Waals surface area contributed by atoms with Crippen LogP contribution in [0.4, 0.5) is 0 Å². The molecule has 1 aliphatic heterocycles. The minimum Gasteiger partial charge on any atom is -0.330 e. The maximum atomic E-state index is 12.9. The van der Waals surface area contributed by atoms with Crippen molar-refractivity contribution in [3.63, 3.8) is 0 Å². The molecule has 1 unspecified atom stereocenters. The molecule has 0 saturated carbocycles. The number of aromatic nitrogens is 3. The molecule has 0 bridgehead atoms. The number of hydrogen-bond donors (Lipinski definition) is 0. The third kappa shape index (κ3) is 2.82. The van der Waals surface area contributed by atoms with E-state index in [4.69, 9.17) is 0 Å². The summed E-state index contributed by atoms with van der Waals surface area (Å²) < 4.78 is 1.79. The predicted molar refractivity (Wildman–Crippen MR) is 79.7 cm³/mol. The number of aryl methyl sites for hydroxylation is 1. The molecule has 0 radical (unpaired) electrons. The van der Waals surface area contributed by atoms with Gasteiger partial charge in [0.2, 0.25) is 0 Å². The summed E-state index contributed by atoms with van der Waals surface area (Å²) in [5.41, 5.74) is 1.82. The maximum absolute atomic E-state index is 12.9. The molecule has 0 N–H and O–H groups in total. The quantitative estimate of drug-likeness (QED) is 0.851. The molecule has 1 amide bonds. The summed E-state index contributed by atoms with van der Waals surface area (Å²) in [6.45, 7) is 0.803. The summed E-state index contributed by atoms with van der Waals surface area (Å²) in [6.07, 6.45) is 11.3. The third-order valence-electron chi connectivity index (χ3n) is 4.14. The van der Waals surface area contributed by atoms with Gasteiger partial charge in [0.1, 0.15) is 5.69 Å². The van der Waals surface area contributed by atoms with Crippen molar-refractivity contribution < 1.29 is 4.79 Å². The Bertz CT molecular complexity index is 608. The van der Waals surface area contributed by atoms with E-state index in [0.29, 0.717) is 5.69 Å². The van der Waals surface area contributed by atoms with Crippen LogP contribution in [0.5, 0.6) is 0 Å². The van der Waals surface area contributed by atoms with Crippen LogP contribution in [0.25, 0.3) is 0 Å². The van der Waals surface area contributed by atoms with E-state index in [-0.39, 0.29) is 11.9 Å². The molecule has 110 valence electrons. The van der Waals surface area contributed by atoms with E-state index in [9.17, 15) is 4.79 Å². The van der Waals surface area contributed by atoms with Gasteiger partial charge in [0.15, 0.2) is 0 Å². The number of likely N-dealkylation sites (tertiary alicyclic amines) is 1. The van der Waals surface area contributed by atoms with Crippen LogP contribution < -0.4 is 0 Å². The van der Waals surface area contributed by atoms with Crippen molar-refractivity contribution in [2.75, 3.05) is 6.54 Å². The predicted octanol–water partition coefficient (Wildman–Crippen LogP) is 2.57. The molecule has 1 fully saturated rings. The summed E-state index contributed by atoms with van der Waals surface area (Å²) in [5.74, 6) is 0.0683. The summed E-state index contributed by atoms with van der Waals surface area (Å²) >= 11 is 0. The molecule has 21 heavy (non-hydrogen) atoms. The smallest absolute Gasteiger partial charge is 0.272 e. The van der Waals surface area contributed by atoms with Crippen molar-refractivity contribution in [3.8, 4) is 0 Å². The number of hydrogen-bond acceptors (Lipinski definition) is 3. The highest BCUT2D eigenvalue weighted by Crippen LogP contribution is 2.30. The topological polar surface area (TPSA) is 51.0 Å². The van der Waals surface area contributed by atoms with Crippen molar-refractivity contribution in [2.24, 2.45) is 7.05 Å². The Morgan fingerprint density at radius 3 is 2.71 bits per heavy atom. The Labute approximate surface area is 124 Å². The van der Waals surface area contributed by atoms with Crippen molar-refractivity contribution in [2.45, 2.75) is 31.7 Å². The molecule has 2 aromatic rings. The molecule has 0 spiro atoms. The molecule has 0 aliphatic carbocycles. The zero-order valence-electron chi connectivity index (χ0n) is 12.3.